The van der Waals surface area contributed by atoms with Crippen LogP contribution in [0.25, 0.3) is 11.1 Å². The topological polar surface area (TPSA) is 42.2 Å². The zero-order valence-corrected chi connectivity index (χ0v) is 9.27. The molecule has 82 valence electrons. The van der Waals surface area contributed by atoms with Gasteiger partial charge in [-0.05, 0) is 18.6 Å². The van der Waals surface area contributed by atoms with E-state index in [1.807, 2.05) is 37.4 Å². The van der Waals surface area contributed by atoms with Crippen molar-refractivity contribution in [3.05, 3.63) is 47.8 Å². The molecule has 2 rings (SSSR count). The van der Waals surface area contributed by atoms with E-state index in [4.69, 9.17) is 5.11 Å². The number of hydrogen-bond donors (Lipinski definition) is 1. The maximum absolute atomic E-state index is 10.9. The summed E-state index contributed by atoms with van der Waals surface area (Å²) in [6.45, 7) is 2.03. The van der Waals surface area contributed by atoms with E-state index in [1.165, 1.54) is 5.56 Å². The lowest BCUT2D eigenvalue weighted by Crippen LogP contribution is -2.02. The summed E-state index contributed by atoms with van der Waals surface area (Å²) < 4.78 is 1.62. The summed E-state index contributed by atoms with van der Waals surface area (Å²) in [7, 11) is 1.74. The Labute approximate surface area is 94.0 Å². The van der Waals surface area contributed by atoms with E-state index in [1.54, 1.807) is 17.7 Å². The van der Waals surface area contributed by atoms with Crippen molar-refractivity contribution in [1.29, 1.82) is 0 Å². The molecule has 0 aliphatic rings. The highest BCUT2D eigenvalue weighted by Crippen LogP contribution is 2.22. The van der Waals surface area contributed by atoms with Gasteiger partial charge in [0.15, 0.2) is 0 Å². The van der Waals surface area contributed by atoms with E-state index in [0.29, 0.717) is 5.69 Å². The fourth-order valence-electron chi connectivity index (χ4n) is 1.68. The number of aromatic nitrogens is 1. The van der Waals surface area contributed by atoms with E-state index in [0.717, 1.165) is 11.1 Å². The third-order valence-electron chi connectivity index (χ3n) is 2.61. The fourth-order valence-corrected chi connectivity index (χ4v) is 1.68. The summed E-state index contributed by atoms with van der Waals surface area (Å²) in [6.07, 6.45) is 1.83. The molecule has 0 saturated heterocycles. The first-order valence-electron chi connectivity index (χ1n) is 5.04. The molecule has 0 bridgehead atoms. The van der Waals surface area contributed by atoms with Gasteiger partial charge < -0.3 is 9.67 Å². The van der Waals surface area contributed by atoms with Crippen molar-refractivity contribution in [2.45, 2.75) is 6.92 Å². The maximum Gasteiger partial charge on any atom is 0.352 e. The van der Waals surface area contributed by atoms with Crippen LogP contribution in [-0.2, 0) is 7.05 Å². The molecule has 1 aromatic heterocycles. The van der Waals surface area contributed by atoms with Crippen molar-refractivity contribution >= 4 is 5.97 Å². The number of benzene rings is 1. The van der Waals surface area contributed by atoms with Gasteiger partial charge >= 0.3 is 5.97 Å². The Morgan fingerprint density at radius 1 is 1.19 bits per heavy atom. The van der Waals surface area contributed by atoms with Gasteiger partial charge in [0.05, 0.1) is 0 Å². The minimum Gasteiger partial charge on any atom is -0.477 e. The quantitative estimate of drug-likeness (QED) is 0.836. The van der Waals surface area contributed by atoms with E-state index >= 15 is 0 Å². The molecule has 3 heteroatoms. The van der Waals surface area contributed by atoms with Crippen LogP contribution in [-0.4, -0.2) is 15.6 Å². The first-order chi connectivity index (χ1) is 7.58. The summed E-state index contributed by atoms with van der Waals surface area (Å²) in [4.78, 5) is 10.9. The number of rotatable bonds is 2. The number of aromatic carboxylic acids is 1. The van der Waals surface area contributed by atoms with Crippen LogP contribution >= 0.6 is 0 Å². The lowest BCUT2D eigenvalue weighted by Gasteiger charge is -1.97. The Bertz CT molecular complexity index is 523. The van der Waals surface area contributed by atoms with Crippen LogP contribution in [0.15, 0.2) is 36.5 Å². The van der Waals surface area contributed by atoms with Crippen LogP contribution < -0.4 is 0 Å². The lowest BCUT2D eigenvalue weighted by molar-refractivity contribution is 0.0686. The lowest BCUT2D eigenvalue weighted by atomic mass is 10.1. The highest BCUT2D eigenvalue weighted by Gasteiger charge is 2.10. The van der Waals surface area contributed by atoms with Crippen molar-refractivity contribution in [2.75, 3.05) is 0 Å². The summed E-state index contributed by atoms with van der Waals surface area (Å²) in [5, 5.41) is 8.95. The molecule has 0 atom stereocenters. The molecule has 1 heterocycles. The van der Waals surface area contributed by atoms with Crippen molar-refractivity contribution in [2.24, 2.45) is 7.05 Å². The molecular formula is C13H13NO2. The van der Waals surface area contributed by atoms with Gasteiger partial charge in [-0.15, -0.1) is 0 Å². The molecule has 2 aromatic rings. The predicted molar refractivity (Wildman–Crippen MR) is 62.5 cm³/mol. The van der Waals surface area contributed by atoms with Crippen LogP contribution in [0.1, 0.15) is 16.1 Å². The molecule has 1 N–H and O–H groups in total. The average Bonchev–Trinajstić information content (AvgIpc) is 2.61. The van der Waals surface area contributed by atoms with Crippen LogP contribution in [0.2, 0.25) is 0 Å². The largest absolute Gasteiger partial charge is 0.477 e. The van der Waals surface area contributed by atoms with Crippen LogP contribution in [0.3, 0.4) is 0 Å². The monoisotopic (exact) mass is 215 g/mol. The predicted octanol–water partition coefficient (Wildman–Crippen LogP) is 2.70. The summed E-state index contributed by atoms with van der Waals surface area (Å²) in [5.74, 6) is -0.902. The van der Waals surface area contributed by atoms with Crippen LogP contribution in [0, 0.1) is 6.92 Å². The molecule has 1 aromatic carbocycles. The molecule has 0 amide bonds. The minimum absolute atomic E-state index is 0.301. The smallest absolute Gasteiger partial charge is 0.352 e. The van der Waals surface area contributed by atoms with Crippen LogP contribution in [0.5, 0.6) is 0 Å². The molecule has 16 heavy (non-hydrogen) atoms. The van der Waals surface area contributed by atoms with Crippen molar-refractivity contribution < 1.29 is 9.90 Å². The minimum atomic E-state index is -0.902. The van der Waals surface area contributed by atoms with Crippen LogP contribution in [0.4, 0.5) is 0 Å². The highest BCUT2D eigenvalue weighted by molar-refractivity contribution is 5.88. The standard InChI is InChI=1S/C13H13NO2/c1-9-3-5-10(6-4-9)11-7-12(13(15)16)14(2)8-11/h3-8H,1-2H3,(H,15,16). The average molecular weight is 215 g/mol. The Hall–Kier alpha value is -2.03. The highest BCUT2D eigenvalue weighted by atomic mass is 16.4. The second-order valence-corrected chi connectivity index (χ2v) is 3.90. The van der Waals surface area contributed by atoms with E-state index in [-0.39, 0.29) is 0 Å². The van der Waals surface area contributed by atoms with Gasteiger partial charge in [-0.2, -0.15) is 0 Å². The SMILES string of the molecule is Cc1ccc(-c2cc(C(=O)O)n(C)c2)cc1. The second-order valence-electron chi connectivity index (χ2n) is 3.90. The molecule has 0 unspecified atom stereocenters. The van der Waals surface area contributed by atoms with E-state index in [2.05, 4.69) is 0 Å². The molecular weight excluding hydrogens is 202 g/mol. The number of nitrogens with zero attached hydrogens (tertiary/aromatic N) is 1. The van der Waals surface area contributed by atoms with Crippen molar-refractivity contribution in [3.63, 3.8) is 0 Å². The van der Waals surface area contributed by atoms with Gasteiger partial charge in [-0.1, -0.05) is 29.8 Å². The summed E-state index contributed by atoms with van der Waals surface area (Å²) in [6, 6.07) is 9.71. The normalized spacial score (nSPS) is 10.4. The summed E-state index contributed by atoms with van der Waals surface area (Å²) >= 11 is 0. The van der Waals surface area contributed by atoms with Gasteiger partial charge in [-0.25, -0.2) is 4.79 Å². The molecule has 0 radical (unpaired) electrons. The molecule has 0 spiro atoms. The summed E-state index contributed by atoms with van der Waals surface area (Å²) in [5.41, 5.74) is 3.46. The fraction of sp³-hybridized carbons (Fsp3) is 0.154. The molecule has 0 aliphatic carbocycles. The molecule has 0 fully saturated rings. The van der Waals surface area contributed by atoms with Gasteiger partial charge in [-0.3, -0.25) is 0 Å². The first kappa shape index (κ1) is 10.5. The number of carbonyl (C=O) groups is 1. The van der Waals surface area contributed by atoms with E-state index in [9.17, 15) is 4.79 Å². The Kier molecular flexibility index (Phi) is 2.52. The molecule has 0 aliphatic heterocycles. The zero-order chi connectivity index (χ0) is 11.7. The number of carboxylic acid groups (broad SMARTS) is 1. The Balaban J connectivity index is 2.45. The molecule has 3 nitrogen and oxygen atoms in total. The van der Waals surface area contributed by atoms with Gasteiger partial charge in [0.2, 0.25) is 0 Å². The number of carboxylic acids is 1. The number of aryl methyl sites for hydroxylation is 2. The van der Waals surface area contributed by atoms with Gasteiger partial charge in [0.25, 0.3) is 0 Å². The van der Waals surface area contributed by atoms with Gasteiger partial charge in [0.1, 0.15) is 5.69 Å². The molecule has 0 saturated carbocycles. The Morgan fingerprint density at radius 2 is 1.81 bits per heavy atom. The zero-order valence-electron chi connectivity index (χ0n) is 9.27. The third kappa shape index (κ3) is 1.84. The van der Waals surface area contributed by atoms with E-state index < -0.39 is 5.97 Å². The van der Waals surface area contributed by atoms with Crippen molar-refractivity contribution in [1.82, 2.24) is 4.57 Å². The Morgan fingerprint density at radius 3 is 2.31 bits per heavy atom. The van der Waals surface area contributed by atoms with Gasteiger partial charge in [0, 0.05) is 18.8 Å². The first-order valence-corrected chi connectivity index (χ1v) is 5.04. The third-order valence-corrected chi connectivity index (χ3v) is 2.61. The second kappa shape index (κ2) is 3.85. The maximum atomic E-state index is 10.9. The number of hydrogen-bond acceptors (Lipinski definition) is 1. The van der Waals surface area contributed by atoms with Crippen molar-refractivity contribution in [3.8, 4) is 11.1 Å².